The maximum Gasteiger partial charge on any atom is 0.270 e. The Morgan fingerprint density at radius 2 is 1.60 bits per heavy atom. The third-order valence-electron chi connectivity index (χ3n) is 5.04. The van der Waals surface area contributed by atoms with Gasteiger partial charge in [0.2, 0.25) is 0 Å². The summed E-state index contributed by atoms with van der Waals surface area (Å²) in [6.07, 6.45) is 3.32. The number of piperazine rings is 1. The molecule has 0 bridgehead atoms. The minimum Gasteiger partial charge on any atom is -0.314 e. The lowest BCUT2D eigenvalue weighted by Gasteiger charge is -2.38. The van der Waals surface area contributed by atoms with Crippen molar-refractivity contribution >= 4 is 0 Å². The molecule has 1 saturated heterocycles. The van der Waals surface area contributed by atoms with E-state index in [2.05, 4.69) is 44.0 Å². The van der Waals surface area contributed by atoms with Crippen LogP contribution in [0.2, 0.25) is 0 Å². The minimum absolute atomic E-state index is 0.0787. The molecule has 0 radical (unpaired) electrons. The molecule has 0 amide bonds. The van der Waals surface area contributed by atoms with E-state index in [4.69, 9.17) is 0 Å². The van der Waals surface area contributed by atoms with E-state index < -0.39 is 5.92 Å². The normalized spacial score (nSPS) is 18.0. The molecule has 0 aromatic heterocycles. The number of benzene rings is 1. The van der Waals surface area contributed by atoms with Crippen LogP contribution in [0.15, 0.2) is 35.9 Å². The molecule has 1 unspecified atom stereocenters. The molecule has 2 rings (SSSR count). The zero-order valence-electron chi connectivity index (χ0n) is 16.2. The number of rotatable bonds is 6. The predicted octanol–water partition coefficient (Wildman–Crippen LogP) is 4.71. The van der Waals surface area contributed by atoms with Gasteiger partial charge in [-0.3, -0.25) is 4.90 Å². The van der Waals surface area contributed by atoms with Crippen LogP contribution in [0.4, 0.5) is 8.78 Å². The van der Waals surface area contributed by atoms with Crippen LogP contribution >= 0.6 is 0 Å². The number of nitrogens with zero attached hydrogens (tertiary/aromatic N) is 1. The maximum atomic E-state index is 13.5. The Balaban J connectivity index is 2.19. The second-order valence-electron chi connectivity index (χ2n) is 8.15. The van der Waals surface area contributed by atoms with Crippen LogP contribution in [0, 0.1) is 0 Å². The molecule has 140 valence electrons. The highest BCUT2D eigenvalue weighted by atomic mass is 19.3. The van der Waals surface area contributed by atoms with E-state index in [0.29, 0.717) is 6.04 Å². The summed E-state index contributed by atoms with van der Waals surface area (Å²) < 4.78 is 26.9. The monoisotopic (exact) mass is 350 g/mol. The summed E-state index contributed by atoms with van der Waals surface area (Å²) in [7, 11) is 0. The molecule has 1 N–H and O–H groups in total. The van der Waals surface area contributed by atoms with Crippen molar-refractivity contribution in [2.45, 2.75) is 58.4 Å². The molecular formula is C21H32F2N2. The smallest absolute Gasteiger partial charge is 0.270 e. The second-order valence-corrected chi connectivity index (χ2v) is 8.15. The number of allylic oxidation sites excluding steroid dienone is 1. The molecule has 25 heavy (non-hydrogen) atoms. The molecule has 0 saturated carbocycles. The number of alkyl halides is 2. The predicted molar refractivity (Wildman–Crippen MR) is 101 cm³/mol. The third-order valence-corrected chi connectivity index (χ3v) is 5.04. The first kappa shape index (κ1) is 20.1. The highest BCUT2D eigenvalue weighted by Crippen LogP contribution is 2.33. The first-order valence-corrected chi connectivity index (χ1v) is 9.18. The largest absolute Gasteiger partial charge is 0.314 e. The minimum atomic E-state index is -2.78. The van der Waals surface area contributed by atoms with Gasteiger partial charge in [0, 0.05) is 44.7 Å². The molecule has 4 heteroatoms. The standard InChI is InChI=1S/C21H32F2N2/c1-16(2)14-19(25-12-10-24-11-13-25)15-20(3,4)17-6-8-18(9-7-17)21(5,22)23/h6-9,14,19,24H,10-13,15H2,1-5H3. The Bertz CT molecular complexity index is 575. The highest BCUT2D eigenvalue weighted by molar-refractivity contribution is 5.30. The molecular weight excluding hydrogens is 318 g/mol. The molecule has 0 spiro atoms. The lowest BCUT2D eigenvalue weighted by molar-refractivity contribution is 0.0174. The summed E-state index contributed by atoms with van der Waals surface area (Å²) in [4.78, 5) is 2.53. The van der Waals surface area contributed by atoms with Gasteiger partial charge in [-0.05, 0) is 31.2 Å². The van der Waals surface area contributed by atoms with Gasteiger partial charge in [0.05, 0.1) is 0 Å². The van der Waals surface area contributed by atoms with Crippen molar-refractivity contribution in [2.24, 2.45) is 0 Å². The van der Waals surface area contributed by atoms with Gasteiger partial charge in [0.25, 0.3) is 5.92 Å². The Labute approximate surface area is 151 Å². The van der Waals surface area contributed by atoms with E-state index in [1.54, 1.807) is 12.1 Å². The molecule has 1 heterocycles. The molecule has 1 aromatic carbocycles. The lowest BCUT2D eigenvalue weighted by atomic mass is 9.78. The van der Waals surface area contributed by atoms with E-state index in [1.165, 1.54) is 5.57 Å². The first-order valence-electron chi connectivity index (χ1n) is 9.18. The summed E-state index contributed by atoms with van der Waals surface area (Å²) in [6, 6.07) is 7.23. The van der Waals surface area contributed by atoms with Gasteiger partial charge in [-0.25, -0.2) is 8.78 Å². The summed E-state index contributed by atoms with van der Waals surface area (Å²) in [5, 5.41) is 3.40. The fourth-order valence-electron chi connectivity index (χ4n) is 3.55. The SMILES string of the molecule is CC(C)=CC(CC(C)(C)c1ccc(C(C)(F)F)cc1)N1CCNCC1. The first-order chi connectivity index (χ1) is 11.6. The van der Waals surface area contributed by atoms with Crippen molar-refractivity contribution in [3.8, 4) is 0 Å². The van der Waals surface area contributed by atoms with Crippen LogP contribution in [-0.2, 0) is 11.3 Å². The topological polar surface area (TPSA) is 15.3 Å². The van der Waals surface area contributed by atoms with Gasteiger partial charge >= 0.3 is 0 Å². The molecule has 0 aliphatic carbocycles. The van der Waals surface area contributed by atoms with Crippen LogP contribution in [0.3, 0.4) is 0 Å². The highest BCUT2D eigenvalue weighted by Gasteiger charge is 2.30. The van der Waals surface area contributed by atoms with Crippen LogP contribution in [-0.4, -0.2) is 37.1 Å². The fourth-order valence-corrected chi connectivity index (χ4v) is 3.55. The van der Waals surface area contributed by atoms with E-state index in [0.717, 1.165) is 45.1 Å². The average Bonchev–Trinajstić information content (AvgIpc) is 2.54. The van der Waals surface area contributed by atoms with E-state index in [9.17, 15) is 8.78 Å². The zero-order valence-corrected chi connectivity index (χ0v) is 16.2. The number of nitrogens with one attached hydrogen (secondary N) is 1. The second kappa shape index (κ2) is 7.96. The van der Waals surface area contributed by atoms with Crippen LogP contribution in [0.5, 0.6) is 0 Å². The Morgan fingerprint density at radius 3 is 2.08 bits per heavy atom. The Morgan fingerprint density at radius 1 is 1.08 bits per heavy atom. The van der Waals surface area contributed by atoms with Crippen molar-refractivity contribution in [2.75, 3.05) is 26.2 Å². The Kier molecular flexibility index (Phi) is 6.39. The average molecular weight is 350 g/mol. The quantitative estimate of drug-likeness (QED) is 0.748. The van der Waals surface area contributed by atoms with E-state index in [-0.39, 0.29) is 11.0 Å². The van der Waals surface area contributed by atoms with Crippen molar-refractivity contribution in [1.82, 2.24) is 10.2 Å². The molecule has 1 atom stereocenters. The van der Waals surface area contributed by atoms with Gasteiger partial charge in [-0.1, -0.05) is 49.8 Å². The summed E-state index contributed by atoms with van der Waals surface area (Å²) >= 11 is 0. The van der Waals surface area contributed by atoms with Crippen LogP contribution in [0.25, 0.3) is 0 Å². The maximum absolute atomic E-state index is 13.5. The molecule has 1 fully saturated rings. The lowest BCUT2D eigenvalue weighted by Crippen LogP contribution is -2.49. The van der Waals surface area contributed by atoms with Crippen LogP contribution in [0.1, 0.15) is 52.2 Å². The van der Waals surface area contributed by atoms with E-state index >= 15 is 0 Å². The van der Waals surface area contributed by atoms with Gasteiger partial charge in [0.15, 0.2) is 0 Å². The third kappa shape index (κ3) is 5.61. The van der Waals surface area contributed by atoms with Crippen LogP contribution < -0.4 is 5.32 Å². The number of halogens is 2. The molecule has 1 aliphatic heterocycles. The van der Waals surface area contributed by atoms with Crippen molar-refractivity contribution in [3.63, 3.8) is 0 Å². The zero-order chi connectivity index (χ0) is 18.7. The number of hydrogen-bond donors (Lipinski definition) is 1. The van der Waals surface area contributed by atoms with Gasteiger partial charge < -0.3 is 5.32 Å². The number of hydrogen-bond acceptors (Lipinski definition) is 2. The molecule has 1 aromatic rings. The summed E-state index contributed by atoms with van der Waals surface area (Å²) in [5.41, 5.74) is 2.43. The summed E-state index contributed by atoms with van der Waals surface area (Å²) in [5.74, 6) is -2.78. The van der Waals surface area contributed by atoms with Crippen molar-refractivity contribution in [1.29, 1.82) is 0 Å². The van der Waals surface area contributed by atoms with Crippen molar-refractivity contribution < 1.29 is 8.78 Å². The van der Waals surface area contributed by atoms with Crippen molar-refractivity contribution in [3.05, 3.63) is 47.0 Å². The molecule has 1 aliphatic rings. The van der Waals surface area contributed by atoms with Gasteiger partial charge in [0.1, 0.15) is 0 Å². The van der Waals surface area contributed by atoms with E-state index in [1.807, 2.05) is 12.1 Å². The van der Waals surface area contributed by atoms with Gasteiger partial charge in [-0.15, -0.1) is 0 Å². The fraction of sp³-hybridized carbons (Fsp3) is 0.619. The van der Waals surface area contributed by atoms with Gasteiger partial charge in [-0.2, -0.15) is 0 Å². The molecule has 2 nitrogen and oxygen atoms in total. The summed E-state index contributed by atoms with van der Waals surface area (Å²) in [6.45, 7) is 13.8. The Hall–Kier alpha value is -1.26.